The lowest BCUT2D eigenvalue weighted by atomic mass is 10.1. The van der Waals surface area contributed by atoms with E-state index in [4.69, 9.17) is 0 Å². The third kappa shape index (κ3) is 3.03. The molecule has 0 saturated carbocycles. The van der Waals surface area contributed by atoms with Crippen molar-refractivity contribution in [2.75, 3.05) is 7.05 Å². The Morgan fingerprint density at radius 2 is 2.06 bits per heavy atom. The molecule has 1 aliphatic rings. The van der Waals surface area contributed by atoms with Gasteiger partial charge in [0.1, 0.15) is 0 Å². The van der Waals surface area contributed by atoms with Crippen LogP contribution < -0.4 is 5.32 Å². The molecule has 1 aliphatic heterocycles. The van der Waals surface area contributed by atoms with Crippen LogP contribution in [0.25, 0.3) is 0 Å². The number of rotatable bonds is 3. The Bertz CT molecular complexity index is 421. The Labute approximate surface area is 100 Å². The third-order valence-corrected chi connectivity index (χ3v) is 2.35. The fourth-order valence-electron chi connectivity index (χ4n) is 1.43. The van der Waals surface area contributed by atoms with E-state index in [0.29, 0.717) is 5.57 Å². The number of likely N-dealkylation sites (tertiary alicyclic amines) is 1. The van der Waals surface area contributed by atoms with E-state index in [-0.39, 0.29) is 35.8 Å². The van der Waals surface area contributed by atoms with Crippen LogP contribution in [-0.2, 0) is 14.4 Å². The number of likely N-dealkylation sites (N-methyl/N-ethyl adjacent to an activating group) is 1. The molecule has 92 valence electrons. The first-order valence-electron chi connectivity index (χ1n) is 5.34. The number of hydrogen-bond acceptors (Lipinski definition) is 3. The van der Waals surface area contributed by atoms with Gasteiger partial charge in [0.15, 0.2) is 0 Å². The quantitative estimate of drug-likeness (QED) is 0.569. The molecule has 1 saturated heterocycles. The summed E-state index contributed by atoms with van der Waals surface area (Å²) in [4.78, 5) is 35.4. The van der Waals surface area contributed by atoms with Crippen LogP contribution in [0, 0.1) is 0 Å². The second-order valence-corrected chi connectivity index (χ2v) is 4.26. The predicted octanol–water partition coefficient (Wildman–Crippen LogP) is 0.382. The average Bonchev–Trinajstić information content (AvgIpc) is 2.45. The van der Waals surface area contributed by atoms with E-state index in [1.165, 1.54) is 13.1 Å². The van der Waals surface area contributed by atoms with Crippen LogP contribution in [0.2, 0.25) is 0 Å². The summed E-state index contributed by atoms with van der Waals surface area (Å²) in [6.45, 7) is 7.24. The highest BCUT2D eigenvalue weighted by Gasteiger charge is 2.30. The zero-order valence-electron chi connectivity index (χ0n) is 10.2. The van der Waals surface area contributed by atoms with Crippen molar-refractivity contribution in [3.63, 3.8) is 0 Å². The van der Waals surface area contributed by atoms with Crippen LogP contribution >= 0.6 is 0 Å². The van der Waals surface area contributed by atoms with E-state index < -0.39 is 0 Å². The monoisotopic (exact) mass is 236 g/mol. The highest BCUT2D eigenvalue weighted by atomic mass is 16.2. The highest BCUT2D eigenvalue weighted by Crippen LogP contribution is 2.18. The normalized spacial score (nSPS) is 18.1. The SMILES string of the molecule is C=C(/C=C1\CC(=O)N(C)C1=O)C(=O)NC(C)C. The van der Waals surface area contributed by atoms with Crippen LogP contribution in [-0.4, -0.2) is 35.7 Å². The number of nitrogens with zero attached hydrogens (tertiary/aromatic N) is 1. The smallest absolute Gasteiger partial charge is 0.256 e. The maximum absolute atomic E-state index is 11.6. The number of carbonyl (C=O) groups is 3. The van der Waals surface area contributed by atoms with Crippen molar-refractivity contribution in [2.24, 2.45) is 0 Å². The molecule has 5 nitrogen and oxygen atoms in total. The second kappa shape index (κ2) is 4.95. The minimum absolute atomic E-state index is 0.00114. The number of hydrogen-bond donors (Lipinski definition) is 1. The van der Waals surface area contributed by atoms with Crippen LogP contribution in [0.15, 0.2) is 23.8 Å². The van der Waals surface area contributed by atoms with Gasteiger partial charge in [-0.15, -0.1) is 0 Å². The molecule has 3 amide bonds. The molecule has 1 heterocycles. The van der Waals surface area contributed by atoms with Crippen LogP contribution in [0.4, 0.5) is 0 Å². The maximum atomic E-state index is 11.6. The summed E-state index contributed by atoms with van der Waals surface area (Å²) in [5.41, 5.74) is 0.492. The minimum Gasteiger partial charge on any atom is -0.350 e. The highest BCUT2D eigenvalue weighted by molar-refractivity contribution is 6.14. The fraction of sp³-hybridized carbons (Fsp3) is 0.417. The predicted molar refractivity (Wildman–Crippen MR) is 62.9 cm³/mol. The molecule has 1 fully saturated rings. The van der Waals surface area contributed by atoms with Crippen molar-refractivity contribution < 1.29 is 14.4 Å². The molecule has 0 aromatic heterocycles. The largest absolute Gasteiger partial charge is 0.350 e. The molecular weight excluding hydrogens is 220 g/mol. The summed E-state index contributed by atoms with van der Waals surface area (Å²) in [6, 6.07) is 0.00114. The summed E-state index contributed by atoms with van der Waals surface area (Å²) in [6.07, 6.45) is 1.41. The zero-order chi connectivity index (χ0) is 13.2. The van der Waals surface area contributed by atoms with Crippen molar-refractivity contribution in [2.45, 2.75) is 26.3 Å². The first-order valence-corrected chi connectivity index (χ1v) is 5.34. The van der Waals surface area contributed by atoms with E-state index in [1.807, 2.05) is 13.8 Å². The van der Waals surface area contributed by atoms with Crippen molar-refractivity contribution in [3.05, 3.63) is 23.8 Å². The van der Waals surface area contributed by atoms with Crippen molar-refractivity contribution >= 4 is 17.7 Å². The summed E-state index contributed by atoms with van der Waals surface area (Å²) < 4.78 is 0. The molecule has 17 heavy (non-hydrogen) atoms. The van der Waals surface area contributed by atoms with Crippen LogP contribution in [0.5, 0.6) is 0 Å². The Morgan fingerprint density at radius 3 is 2.47 bits per heavy atom. The summed E-state index contributed by atoms with van der Waals surface area (Å²) in [5, 5.41) is 2.66. The van der Waals surface area contributed by atoms with E-state index in [0.717, 1.165) is 4.90 Å². The number of imide groups is 1. The summed E-state index contributed by atoms with van der Waals surface area (Å²) in [7, 11) is 1.42. The van der Waals surface area contributed by atoms with E-state index in [9.17, 15) is 14.4 Å². The molecule has 0 atom stereocenters. The van der Waals surface area contributed by atoms with Gasteiger partial charge >= 0.3 is 0 Å². The molecule has 5 heteroatoms. The van der Waals surface area contributed by atoms with E-state index in [1.54, 1.807) is 0 Å². The zero-order valence-corrected chi connectivity index (χ0v) is 10.2. The molecule has 0 unspecified atom stereocenters. The first-order chi connectivity index (χ1) is 7.82. The van der Waals surface area contributed by atoms with Crippen LogP contribution in [0.1, 0.15) is 20.3 Å². The lowest BCUT2D eigenvalue weighted by Crippen LogP contribution is -2.30. The molecule has 0 aliphatic carbocycles. The lowest BCUT2D eigenvalue weighted by Gasteiger charge is -2.08. The number of carbonyl (C=O) groups excluding carboxylic acids is 3. The van der Waals surface area contributed by atoms with Crippen molar-refractivity contribution in [3.8, 4) is 0 Å². The Hall–Kier alpha value is -1.91. The Balaban J connectivity index is 2.77. The van der Waals surface area contributed by atoms with E-state index >= 15 is 0 Å². The fourth-order valence-corrected chi connectivity index (χ4v) is 1.43. The van der Waals surface area contributed by atoms with Crippen molar-refractivity contribution in [1.29, 1.82) is 0 Å². The second-order valence-electron chi connectivity index (χ2n) is 4.26. The number of amides is 3. The minimum atomic E-state index is -0.367. The maximum Gasteiger partial charge on any atom is 0.256 e. The molecule has 1 rings (SSSR count). The Morgan fingerprint density at radius 1 is 1.47 bits per heavy atom. The molecule has 0 radical (unpaired) electrons. The van der Waals surface area contributed by atoms with Gasteiger partial charge in [-0.2, -0.15) is 0 Å². The molecular formula is C12H16N2O3. The van der Waals surface area contributed by atoms with Gasteiger partial charge in [0.2, 0.25) is 5.91 Å². The van der Waals surface area contributed by atoms with Gasteiger partial charge in [-0.05, 0) is 19.9 Å². The van der Waals surface area contributed by atoms with Gasteiger partial charge in [0.25, 0.3) is 11.8 Å². The molecule has 0 aromatic rings. The molecule has 1 N–H and O–H groups in total. The van der Waals surface area contributed by atoms with Gasteiger partial charge in [-0.3, -0.25) is 19.3 Å². The van der Waals surface area contributed by atoms with Gasteiger partial charge in [0, 0.05) is 24.2 Å². The molecule has 0 spiro atoms. The van der Waals surface area contributed by atoms with E-state index in [2.05, 4.69) is 11.9 Å². The third-order valence-electron chi connectivity index (χ3n) is 2.35. The summed E-state index contributed by atoms with van der Waals surface area (Å²) in [5.74, 6) is -0.964. The molecule has 0 aromatic carbocycles. The average molecular weight is 236 g/mol. The van der Waals surface area contributed by atoms with Gasteiger partial charge in [0.05, 0.1) is 6.42 Å². The Kier molecular flexibility index (Phi) is 3.83. The number of nitrogens with one attached hydrogen (secondary N) is 1. The lowest BCUT2D eigenvalue weighted by molar-refractivity contribution is -0.135. The van der Waals surface area contributed by atoms with Gasteiger partial charge in [-0.1, -0.05) is 6.58 Å². The standard InChI is InChI=1S/C12H16N2O3/c1-7(2)13-11(16)8(3)5-9-6-10(15)14(4)12(9)17/h5,7H,3,6H2,1-2,4H3,(H,13,16)/b9-5+. The van der Waals surface area contributed by atoms with Gasteiger partial charge in [-0.25, -0.2) is 0 Å². The van der Waals surface area contributed by atoms with Crippen LogP contribution in [0.3, 0.4) is 0 Å². The molecule has 0 bridgehead atoms. The first kappa shape index (κ1) is 13.2. The van der Waals surface area contributed by atoms with Gasteiger partial charge < -0.3 is 5.32 Å². The topological polar surface area (TPSA) is 66.5 Å². The summed E-state index contributed by atoms with van der Waals surface area (Å²) >= 11 is 0. The van der Waals surface area contributed by atoms with Crippen molar-refractivity contribution in [1.82, 2.24) is 10.2 Å².